The summed E-state index contributed by atoms with van der Waals surface area (Å²) in [5, 5.41) is 3.37. The van der Waals surface area contributed by atoms with Gasteiger partial charge < -0.3 is 10.2 Å². The van der Waals surface area contributed by atoms with Crippen LogP contribution in [0.4, 0.5) is 0 Å². The molecule has 0 aliphatic heterocycles. The minimum Gasteiger partial charge on any atom is -0.389 e. The van der Waals surface area contributed by atoms with Crippen molar-refractivity contribution in [3.05, 3.63) is 11.8 Å². The van der Waals surface area contributed by atoms with Gasteiger partial charge in [-0.1, -0.05) is 13.0 Å². The van der Waals surface area contributed by atoms with Crippen LogP contribution in [-0.2, 0) is 0 Å². The topological polar surface area (TPSA) is 15.3 Å². The molecular weight excluding hydrogens is 148 g/mol. The Balaban J connectivity index is 3.25. The van der Waals surface area contributed by atoms with Crippen molar-refractivity contribution >= 4 is 0 Å². The molecule has 0 amide bonds. The Morgan fingerprint density at radius 1 is 1.42 bits per heavy atom. The highest BCUT2D eigenvalue weighted by Crippen LogP contribution is 1.90. The number of hydrogen-bond donors (Lipinski definition) is 1. The Bertz CT molecular complexity index is 128. The highest BCUT2D eigenvalue weighted by molar-refractivity contribution is 4.94. The third-order valence-corrected chi connectivity index (χ3v) is 1.70. The minimum atomic E-state index is 1.08. The van der Waals surface area contributed by atoms with E-state index in [1.54, 1.807) is 0 Å². The van der Waals surface area contributed by atoms with Crippen LogP contribution < -0.4 is 5.32 Å². The van der Waals surface area contributed by atoms with Crippen molar-refractivity contribution in [1.29, 1.82) is 0 Å². The van der Waals surface area contributed by atoms with Crippen molar-refractivity contribution < 1.29 is 0 Å². The predicted molar refractivity (Wildman–Crippen MR) is 55.2 cm³/mol. The molecular formula is C10H22N2. The lowest BCUT2D eigenvalue weighted by Crippen LogP contribution is -2.20. The van der Waals surface area contributed by atoms with E-state index >= 15 is 0 Å². The van der Waals surface area contributed by atoms with E-state index in [2.05, 4.69) is 44.2 Å². The molecule has 0 unspecified atom stereocenters. The maximum Gasteiger partial charge on any atom is 0.0155 e. The molecule has 72 valence electrons. The summed E-state index contributed by atoms with van der Waals surface area (Å²) in [6, 6.07) is 0. The van der Waals surface area contributed by atoms with Gasteiger partial charge in [-0.3, -0.25) is 0 Å². The molecule has 0 spiro atoms. The molecule has 0 bridgehead atoms. The van der Waals surface area contributed by atoms with E-state index < -0.39 is 0 Å². The van der Waals surface area contributed by atoms with Crippen molar-refractivity contribution in [1.82, 2.24) is 10.2 Å². The molecule has 0 saturated heterocycles. The molecule has 0 aliphatic carbocycles. The van der Waals surface area contributed by atoms with Crippen LogP contribution >= 0.6 is 0 Å². The van der Waals surface area contributed by atoms with Gasteiger partial charge in [0.15, 0.2) is 0 Å². The Hall–Kier alpha value is -0.500. The summed E-state index contributed by atoms with van der Waals surface area (Å²) in [4.78, 5) is 2.21. The maximum absolute atomic E-state index is 3.37. The molecule has 0 atom stereocenters. The minimum absolute atomic E-state index is 1.08. The van der Waals surface area contributed by atoms with E-state index in [1.165, 1.54) is 12.1 Å². The number of allylic oxidation sites excluding steroid dienone is 2. The van der Waals surface area contributed by atoms with E-state index in [0.29, 0.717) is 0 Å². The lowest BCUT2D eigenvalue weighted by atomic mass is 10.3. The molecule has 2 heteroatoms. The van der Waals surface area contributed by atoms with E-state index in [9.17, 15) is 0 Å². The zero-order chi connectivity index (χ0) is 9.40. The molecule has 0 fully saturated rings. The number of hydrogen-bond acceptors (Lipinski definition) is 2. The first kappa shape index (κ1) is 11.5. The average Bonchev–Trinajstić information content (AvgIpc) is 1.98. The van der Waals surface area contributed by atoms with Crippen molar-refractivity contribution in [2.45, 2.75) is 26.7 Å². The number of nitrogens with one attached hydrogen (secondary N) is 1. The van der Waals surface area contributed by atoms with Crippen LogP contribution in [0.2, 0.25) is 0 Å². The summed E-state index contributed by atoms with van der Waals surface area (Å²) in [5.41, 5.74) is 1.30. The fourth-order valence-electron chi connectivity index (χ4n) is 1.06. The van der Waals surface area contributed by atoms with Gasteiger partial charge in [0, 0.05) is 12.2 Å². The van der Waals surface area contributed by atoms with Crippen LogP contribution in [0.3, 0.4) is 0 Å². The molecule has 0 aromatic carbocycles. The second-order valence-electron chi connectivity index (χ2n) is 3.38. The van der Waals surface area contributed by atoms with Gasteiger partial charge in [-0.2, -0.15) is 0 Å². The number of nitrogens with zero attached hydrogens (tertiary/aromatic N) is 1. The quantitative estimate of drug-likeness (QED) is 0.612. The summed E-state index contributed by atoms with van der Waals surface area (Å²) >= 11 is 0. The first-order chi connectivity index (χ1) is 5.66. The molecule has 2 nitrogen and oxygen atoms in total. The first-order valence-corrected chi connectivity index (χ1v) is 4.72. The standard InChI is InChI=1S/C10H22N2/c1-5-7-10(2)11-8-6-9-12(3)4/h7,11H,5-6,8-9H2,1-4H3/b10-7+. The van der Waals surface area contributed by atoms with Gasteiger partial charge >= 0.3 is 0 Å². The SMILES string of the molecule is CC/C=C(\C)NCCCN(C)C. The lowest BCUT2D eigenvalue weighted by Gasteiger charge is -2.10. The monoisotopic (exact) mass is 170 g/mol. The summed E-state index contributed by atoms with van der Waals surface area (Å²) < 4.78 is 0. The van der Waals surface area contributed by atoms with Crippen molar-refractivity contribution in [2.75, 3.05) is 27.2 Å². The second-order valence-corrected chi connectivity index (χ2v) is 3.38. The Labute approximate surface area is 76.6 Å². The molecule has 0 rings (SSSR count). The van der Waals surface area contributed by atoms with Gasteiger partial charge in [-0.15, -0.1) is 0 Å². The number of rotatable bonds is 6. The van der Waals surface area contributed by atoms with Crippen LogP contribution in [0.15, 0.2) is 11.8 Å². The van der Waals surface area contributed by atoms with Crippen LogP contribution in [-0.4, -0.2) is 32.1 Å². The van der Waals surface area contributed by atoms with E-state index in [4.69, 9.17) is 0 Å². The van der Waals surface area contributed by atoms with E-state index in [-0.39, 0.29) is 0 Å². The molecule has 0 aliphatic rings. The maximum atomic E-state index is 3.37. The summed E-state index contributed by atoms with van der Waals surface area (Å²) in [6.45, 7) is 6.52. The van der Waals surface area contributed by atoms with Gasteiger partial charge in [0.1, 0.15) is 0 Å². The highest BCUT2D eigenvalue weighted by Gasteiger charge is 1.90. The molecule has 0 radical (unpaired) electrons. The predicted octanol–water partition coefficient (Wildman–Crippen LogP) is 1.84. The summed E-state index contributed by atoms with van der Waals surface area (Å²) in [5.74, 6) is 0. The van der Waals surface area contributed by atoms with Crippen molar-refractivity contribution in [3.8, 4) is 0 Å². The largest absolute Gasteiger partial charge is 0.389 e. The molecule has 0 aromatic heterocycles. The fourth-order valence-corrected chi connectivity index (χ4v) is 1.06. The molecule has 12 heavy (non-hydrogen) atoms. The van der Waals surface area contributed by atoms with E-state index in [0.717, 1.165) is 19.5 Å². The zero-order valence-electron chi connectivity index (χ0n) is 8.85. The summed E-state index contributed by atoms with van der Waals surface area (Å²) in [7, 11) is 4.21. The summed E-state index contributed by atoms with van der Waals surface area (Å²) in [6.07, 6.45) is 4.55. The molecule has 0 saturated carbocycles. The molecule has 0 heterocycles. The van der Waals surface area contributed by atoms with Gasteiger partial charge in [0.2, 0.25) is 0 Å². The molecule has 1 N–H and O–H groups in total. The molecule has 0 aromatic rings. The van der Waals surface area contributed by atoms with Gasteiger partial charge in [0.25, 0.3) is 0 Å². The fraction of sp³-hybridized carbons (Fsp3) is 0.800. The Morgan fingerprint density at radius 3 is 2.58 bits per heavy atom. The van der Waals surface area contributed by atoms with Crippen LogP contribution in [0.1, 0.15) is 26.7 Å². The lowest BCUT2D eigenvalue weighted by molar-refractivity contribution is 0.398. The zero-order valence-corrected chi connectivity index (χ0v) is 8.85. The van der Waals surface area contributed by atoms with Crippen LogP contribution in [0.5, 0.6) is 0 Å². The van der Waals surface area contributed by atoms with Gasteiger partial charge in [-0.05, 0) is 40.4 Å². The van der Waals surface area contributed by atoms with E-state index in [1.807, 2.05) is 0 Å². The first-order valence-electron chi connectivity index (χ1n) is 4.72. The van der Waals surface area contributed by atoms with Gasteiger partial charge in [-0.25, -0.2) is 0 Å². The third-order valence-electron chi connectivity index (χ3n) is 1.70. The Kier molecular flexibility index (Phi) is 6.87. The smallest absolute Gasteiger partial charge is 0.0155 e. The van der Waals surface area contributed by atoms with Crippen LogP contribution in [0.25, 0.3) is 0 Å². The second kappa shape index (κ2) is 7.17. The normalized spacial score (nSPS) is 12.2. The third kappa shape index (κ3) is 7.61. The van der Waals surface area contributed by atoms with Crippen molar-refractivity contribution in [3.63, 3.8) is 0 Å². The highest BCUT2D eigenvalue weighted by atomic mass is 15.1. The Morgan fingerprint density at radius 2 is 2.08 bits per heavy atom. The van der Waals surface area contributed by atoms with Crippen molar-refractivity contribution in [2.24, 2.45) is 0 Å². The van der Waals surface area contributed by atoms with Crippen LogP contribution in [0, 0.1) is 0 Å². The van der Waals surface area contributed by atoms with Gasteiger partial charge in [0.05, 0.1) is 0 Å². The average molecular weight is 170 g/mol.